The fourth-order valence-electron chi connectivity index (χ4n) is 2.91. The van der Waals surface area contributed by atoms with Gasteiger partial charge in [-0.2, -0.15) is 20.1 Å². The van der Waals surface area contributed by atoms with Crippen LogP contribution in [0.25, 0.3) is 11.5 Å². The van der Waals surface area contributed by atoms with E-state index in [1.807, 2.05) is 0 Å². The summed E-state index contributed by atoms with van der Waals surface area (Å²) in [4.78, 5) is 19.6. The molecule has 0 bridgehead atoms. The zero-order valence-electron chi connectivity index (χ0n) is 16.0. The average Bonchev–Trinajstić information content (AvgIpc) is 3.44. The van der Waals surface area contributed by atoms with Crippen molar-refractivity contribution in [2.75, 3.05) is 13.6 Å². The Bertz CT molecular complexity index is 1160. The van der Waals surface area contributed by atoms with Crippen LogP contribution in [0.3, 0.4) is 0 Å². The molecule has 4 aromatic rings. The predicted molar refractivity (Wildman–Crippen MR) is 103 cm³/mol. The molecular formula is C20H17F2N7O. The summed E-state index contributed by atoms with van der Waals surface area (Å²) in [6, 6.07) is 8.52. The third-order valence-electron chi connectivity index (χ3n) is 4.46. The van der Waals surface area contributed by atoms with Crippen molar-refractivity contribution in [3.05, 3.63) is 84.1 Å². The standard InChI is InChI=1S/C20H17F2N7O/c1-27(10-6-16-7-11-28(26-16)19-5-3-15(22)13-23-19)20(30)17-12-14(21)2-4-18(17)29-24-8-9-25-29/h2-5,7-9,11-13H,6,10H2,1H3. The number of hydrogen-bond acceptors (Lipinski definition) is 5. The highest BCUT2D eigenvalue weighted by molar-refractivity contribution is 5.97. The Hall–Kier alpha value is -3.95. The molecule has 8 nitrogen and oxygen atoms in total. The molecule has 0 aliphatic heterocycles. The molecular weight excluding hydrogens is 392 g/mol. The van der Waals surface area contributed by atoms with E-state index in [0.717, 1.165) is 11.9 Å². The molecule has 0 aliphatic rings. The fourth-order valence-corrected chi connectivity index (χ4v) is 2.91. The van der Waals surface area contributed by atoms with Gasteiger partial charge in [-0.3, -0.25) is 4.79 Å². The highest BCUT2D eigenvalue weighted by Gasteiger charge is 2.19. The maximum atomic E-state index is 13.8. The first kappa shape index (κ1) is 19.4. The van der Waals surface area contributed by atoms with Crippen molar-refractivity contribution in [2.45, 2.75) is 6.42 Å². The van der Waals surface area contributed by atoms with Gasteiger partial charge in [-0.1, -0.05) is 0 Å². The van der Waals surface area contributed by atoms with Crippen molar-refractivity contribution < 1.29 is 13.6 Å². The zero-order chi connectivity index (χ0) is 21.1. The van der Waals surface area contributed by atoms with E-state index >= 15 is 0 Å². The molecule has 0 spiro atoms. The third kappa shape index (κ3) is 4.07. The van der Waals surface area contributed by atoms with Gasteiger partial charge in [0.1, 0.15) is 11.6 Å². The highest BCUT2D eigenvalue weighted by atomic mass is 19.1. The van der Waals surface area contributed by atoms with E-state index in [1.54, 1.807) is 19.3 Å². The molecule has 0 saturated carbocycles. The number of pyridine rings is 1. The quantitative estimate of drug-likeness (QED) is 0.489. The third-order valence-corrected chi connectivity index (χ3v) is 4.46. The van der Waals surface area contributed by atoms with Gasteiger partial charge in [0, 0.05) is 26.2 Å². The van der Waals surface area contributed by atoms with E-state index in [2.05, 4.69) is 20.3 Å². The topological polar surface area (TPSA) is 81.7 Å². The molecule has 30 heavy (non-hydrogen) atoms. The second kappa shape index (κ2) is 8.19. The monoisotopic (exact) mass is 409 g/mol. The van der Waals surface area contributed by atoms with E-state index in [1.165, 1.54) is 57.1 Å². The predicted octanol–water partition coefficient (Wildman–Crippen LogP) is 2.44. The number of benzene rings is 1. The lowest BCUT2D eigenvalue weighted by atomic mass is 10.1. The van der Waals surface area contributed by atoms with Gasteiger partial charge >= 0.3 is 0 Å². The van der Waals surface area contributed by atoms with Crippen molar-refractivity contribution in [3.8, 4) is 11.5 Å². The SMILES string of the molecule is CN(CCc1ccn(-c2ccc(F)cn2)n1)C(=O)c1cc(F)ccc1-n1nccn1. The van der Waals surface area contributed by atoms with Crippen LogP contribution in [0, 0.1) is 11.6 Å². The van der Waals surface area contributed by atoms with Crippen molar-refractivity contribution in [3.63, 3.8) is 0 Å². The van der Waals surface area contributed by atoms with Gasteiger partial charge in [-0.25, -0.2) is 18.4 Å². The summed E-state index contributed by atoms with van der Waals surface area (Å²) in [6.07, 6.45) is 6.27. The number of aromatic nitrogens is 6. The number of halogens is 2. The van der Waals surface area contributed by atoms with Crippen LogP contribution in [0.1, 0.15) is 16.1 Å². The number of nitrogens with zero attached hydrogens (tertiary/aromatic N) is 7. The lowest BCUT2D eigenvalue weighted by Gasteiger charge is -2.18. The average molecular weight is 409 g/mol. The molecule has 0 fully saturated rings. The van der Waals surface area contributed by atoms with Gasteiger partial charge in [0.15, 0.2) is 5.82 Å². The first-order chi connectivity index (χ1) is 14.5. The normalized spacial score (nSPS) is 10.9. The van der Waals surface area contributed by atoms with Crippen molar-refractivity contribution in [1.82, 2.24) is 34.7 Å². The van der Waals surface area contributed by atoms with Gasteiger partial charge < -0.3 is 4.90 Å². The Morgan fingerprint density at radius 1 is 1.07 bits per heavy atom. The van der Waals surface area contributed by atoms with Gasteiger partial charge in [-0.05, 0) is 36.4 Å². The first-order valence-electron chi connectivity index (χ1n) is 9.09. The molecule has 152 valence electrons. The van der Waals surface area contributed by atoms with Crippen LogP contribution >= 0.6 is 0 Å². The second-order valence-corrected chi connectivity index (χ2v) is 6.54. The van der Waals surface area contributed by atoms with E-state index in [4.69, 9.17) is 0 Å². The van der Waals surface area contributed by atoms with Gasteiger partial charge in [0.25, 0.3) is 5.91 Å². The van der Waals surface area contributed by atoms with Crippen LogP contribution in [0.15, 0.2) is 61.2 Å². The number of likely N-dealkylation sites (N-methyl/N-ethyl adjacent to an activating group) is 1. The molecule has 3 heterocycles. The summed E-state index contributed by atoms with van der Waals surface area (Å²) in [7, 11) is 1.63. The zero-order valence-corrected chi connectivity index (χ0v) is 16.0. The summed E-state index contributed by atoms with van der Waals surface area (Å²) >= 11 is 0. The molecule has 3 aromatic heterocycles. The first-order valence-corrected chi connectivity index (χ1v) is 9.09. The summed E-state index contributed by atoms with van der Waals surface area (Å²) in [5.74, 6) is -0.814. The fraction of sp³-hybridized carbons (Fsp3) is 0.150. The smallest absolute Gasteiger partial charge is 0.255 e. The molecule has 4 rings (SSSR count). The highest BCUT2D eigenvalue weighted by Crippen LogP contribution is 2.17. The molecule has 10 heteroatoms. The lowest BCUT2D eigenvalue weighted by Crippen LogP contribution is -2.30. The Kier molecular flexibility index (Phi) is 5.29. The van der Waals surface area contributed by atoms with Crippen LogP contribution < -0.4 is 0 Å². The molecule has 0 atom stereocenters. The van der Waals surface area contributed by atoms with Gasteiger partial charge in [0.05, 0.1) is 35.5 Å². The van der Waals surface area contributed by atoms with E-state index < -0.39 is 11.6 Å². The van der Waals surface area contributed by atoms with E-state index in [-0.39, 0.29) is 11.5 Å². The number of hydrogen-bond donors (Lipinski definition) is 0. The van der Waals surface area contributed by atoms with Crippen LogP contribution in [-0.2, 0) is 6.42 Å². The Labute approximate surface area is 170 Å². The molecule has 0 saturated heterocycles. The number of amides is 1. The minimum atomic E-state index is -0.520. The molecule has 1 amide bonds. The van der Waals surface area contributed by atoms with Crippen LogP contribution in [0.2, 0.25) is 0 Å². The number of rotatable bonds is 6. The number of carbonyl (C=O) groups is 1. The number of carbonyl (C=O) groups excluding carboxylic acids is 1. The minimum absolute atomic E-state index is 0.162. The van der Waals surface area contributed by atoms with Crippen molar-refractivity contribution in [2.24, 2.45) is 0 Å². The summed E-state index contributed by atoms with van der Waals surface area (Å²) in [5, 5.41) is 12.4. The van der Waals surface area contributed by atoms with E-state index in [9.17, 15) is 13.6 Å². The molecule has 0 aliphatic carbocycles. The summed E-state index contributed by atoms with van der Waals surface area (Å²) in [5.41, 5.74) is 1.29. The van der Waals surface area contributed by atoms with Crippen LogP contribution in [0.5, 0.6) is 0 Å². The minimum Gasteiger partial charge on any atom is -0.341 e. The Morgan fingerprint density at radius 3 is 2.57 bits per heavy atom. The summed E-state index contributed by atoms with van der Waals surface area (Å²) < 4.78 is 28.3. The van der Waals surface area contributed by atoms with E-state index in [0.29, 0.717) is 24.5 Å². The molecule has 0 radical (unpaired) electrons. The van der Waals surface area contributed by atoms with Crippen LogP contribution in [0.4, 0.5) is 8.78 Å². The van der Waals surface area contributed by atoms with Crippen LogP contribution in [-0.4, -0.2) is 54.2 Å². The lowest BCUT2D eigenvalue weighted by molar-refractivity contribution is 0.0795. The van der Waals surface area contributed by atoms with Crippen molar-refractivity contribution >= 4 is 5.91 Å². The Balaban J connectivity index is 1.46. The van der Waals surface area contributed by atoms with Crippen molar-refractivity contribution in [1.29, 1.82) is 0 Å². The Morgan fingerprint density at radius 2 is 1.83 bits per heavy atom. The maximum Gasteiger partial charge on any atom is 0.255 e. The largest absolute Gasteiger partial charge is 0.341 e. The maximum absolute atomic E-state index is 13.8. The molecule has 1 aromatic carbocycles. The second-order valence-electron chi connectivity index (χ2n) is 6.54. The molecule has 0 unspecified atom stereocenters. The molecule has 0 N–H and O–H groups in total. The van der Waals surface area contributed by atoms with Gasteiger partial charge in [-0.15, -0.1) is 0 Å². The van der Waals surface area contributed by atoms with Gasteiger partial charge in [0.2, 0.25) is 0 Å². The summed E-state index contributed by atoms with van der Waals surface area (Å²) in [6.45, 7) is 0.356.